The largest absolute Gasteiger partial charge is 0.352 e. The van der Waals surface area contributed by atoms with Crippen LogP contribution in [0.1, 0.15) is 6.42 Å². The van der Waals surface area contributed by atoms with Gasteiger partial charge in [0, 0.05) is 6.04 Å². The summed E-state index contributed by atoms with van der Waals surface area (Å²) in [5, 5.41) is 2.96. The maximum atomic E-state index is 11.8. The highest BCUT2D eigenvalue weighted by molar-refractivity contribution is 7.99. The minimum Gasteiger partial charge on any atom is -0.352 e. The average molecular weight is 343 g/mol. The lowest BCUT2D eigenvalue weighted by Gasteiger charge is -2.10. The predicted molar refractivity (Wildman–Crippen MR) is 80.4 cm³/mol. The molecule has 0 bridgehead atoms. The molecule has 118 valence electrons. The van der Waals surface area contributed by atoms with Gasteiger partial charge in [-0.05, 0) is 6.42 Å². The molecule has 0 aromatic carbocycles. The SMILES string of the molecule is O=C(CSc1nc2nc[nH]c2c(=O)[nH]1)N[C@H]1CCS(=O)(=O)C1. The number of aromatic nitrogens is 4. The van der Waals surface area contributed by atoms with Crippen LogP contribution in [0.4, 0.5) is 0 Å². The second-order valence-electron chi connectivity index (χ2n) is 4.93. The number of hydrogen-bond donors (Lipinski definition) is 3. The molecule has 2 aromatic heterocycles. The lowest BCUT2D eigenvalue weighted by molar-refractivity contribution is -0.119. The molecule has 3 N–H and O–H groups in total. The molecule has 0 aliphatic carbocycles. The van der Waals surface area contributed by atoms with Crippen LogP contribution in [0, 0.1) is 0 Å². The molecule has 11 heteroatoms. The number of imidazole rings is 1. The molecule has 0 spiro atoms. The summed E-state index contributed by atoms with van der Waals surface area (Å²) >= 11 is 1.06. The van der Waals surface area contributed by atoms with E-state index >= 15 is 0 Å². The third-order valence-corrected chi connectivity index (χ3v) is 5.85. The van der Waals surface area contributed by atoms with Gasteiger partial charge in [-0.1, -0.05) is 11.8 Å². The van der Waals surface area contributed by atoms with Crippen molar-refractivity contribution in [1.29, 1.82) is 0 Å². The van der Waals surface area contributed by atoms with Crippen LogP contribution in [-0.2, 0) is 14.6 Å². The first kappa shape index (κ1) is 15.0. The molecule has 1 aliphatic rings. The molecular formula is C11H13N5O4S2. The number of amides is 1. The first-order valence-electron chi connectivity index (χ1n) is 6.49. The van der Waals surface area contributed by atoms with Gasteiger partial charge in [-0.25, -0.2) is 18.4 Å². The molecule has 22 heavy (non-hydrogen) atoms. The molecule has 1 aliphatic heterocycles. The Kier molecular flexibility index (Phi) is 3.91. The fourth-order valence-electron chi connectivity index (χ4n) is 2.20. The Bertz CT molecular complexity index is 872. The Hall–Kier alpha value is -1.88. The molecule has 3 heterocycles. The van der Waals surface area contributed by atoms with Gasteiger partial charge in [0.05, 0.1) is 23.6 Å². The van der Waals surface area contributed by atoms with Crippen LogP contribution in [0.2, 0.25) is 0 Å². The molecule has 1 atom stereocenters. The molecule has 2 aromatic rings. The van der Waals surface area contributed by atoms with Gasteiger partial charge in [-0.3, -0.25) is 14.6 Å². The third-order valence-electron chi connectivity index (χ3n) is 3.21. The van der Waals surface area contributed by atoms with Crippen LogP contribution in [0.15, 0.2) is 16.3 Å². The molecule has 1 saturated heterocycles. The number of rotatable bonds is 4. The van der Waals surface area contributed by atoms with E-state index in [0.717, 1.165) is 11.8 Å². The summed E-state index contributed by atoms with van der Waals surface area (Å²) in [5.41, 5.74) is 0.214. The zero-order valence-electron chi connectivity index (χ0n) is 11.3. The van der Waals surface area contributed by atoms with Crippen molar-refractivity contribution >= 4 is 38.7 Å². The average Bonchev–Trinajstić information content (AvgIpc) is 3.03. The van der Waals surface area contributed by atoms with Crippen LogP contribution < -0.4 is 10.9 Å². The van der Waals surface area contributed by atoms with E-state index in [1.165, 1.54) is 6.33 Å². The Morgan fingerprint density at radius 3 is 3.05 bits per heavy atom. The van der Waals surface area contributed by atoms with Crippen molar-refractivity contribution in [3.05, 3.63) is 16.7 Å². The molecule has 0 radical (unpaired) electrons. The number of thioether (sulfide) groups is 1. The Morgan fingerprint density at radius 1 is 1.50 bits per heavy atom. The Morgan fingerprint density at radius 2 is 2.32 bits per heavy atom. The number of carbonyl (C=O) groups excluding carboxylic acids is 1. The van der Waals surface area contributed by atoms with Gasteiger partial charge in [0.1, 0.15) is 0 Å². The second kappa shape index (κ2) is 5.72. The first-order chi connectivity index (χ1) is 10.4. The predicted octanol–water partition coefficient (Wildman–Crippen LogP) is -0.958. The zero-order chi connectivity index (χ0) is 15.7. The monoisotopic (exact) mass is 343 g/mol. The molecule has 1 amide bonds. The molecule has 0 unspecified atom stereocenters. The summed E-state index contributed by atoms with van der Waals surface area (Å²) in [7, 11) is -3.02. The molecule has 9 nitrogen and oxygen atoms in total. The van der Waals surface area contributed by atoms with Crippen LogP contribution in [0.25, 0.3) is 11.2 Å². The highest BCUT2D eigenvalue weighted by atomic mass is 32.2. The zero-order valence-corrected chi connectivity index (χ0v) is 13.0. The number of hydrogen-bond acceptors (Lipinski definition) is 7. The van der Waals surface area contributed by atoms with Crippen molar-refractivity contribution in [1.82, 2.24) is 25.3 Å². The summed E-state index contributed by atoms with van der Waals surface area (Å²) in [4.78, 5) is 36.8. The number of nitrogens with one attached hydrogen (secondary N) is 3. The summed E-state index contributed by atoms with van der Waals surface area (Å²) in [5.74, 6) is -0.167. The smallest absolute Gasteiger partial charge is 0.277 e. The van der Waals surface area contributed by atoms with Crippen LogP contribution in [0.3, 0.4) is 0 Å². The highest BCUT2D eigenvalue weighted by Crippen LogP contribution is 2.14. The number of fused-ring (bicyclic) bond motifs is 1. The van der Waals surface area contributed by atoms with Crippen LogP contribution in [-0.4, -0.2) is 57.6 Å². The fourth-order valence-corrected chi connectivity index (χ4v) is 4.54. The van der Waals surface area contributed by atoms with Crippen molar-refractivity contribution in [3.63, 3.8) is 0 Å². The lowest BCUT2D eigenvalue weighted by atomic mass is 10.3. The lowest BCUT2D eigenvalue weighted by Crippen LogP contribution is -2.36. The number of H-pyrrole nitrogens is 2. The van der Waals surface area contributed by atoms with E-state index in [1.807, 2.05) is 0 Å². The van der Waals surface area contributed by atoms with Crippen molar-refractivity contribution in [3.8, 4) is 0 Å². The van der Waals surface area contributed by atoms with E-state index < -0.39 is 9.84 Å². The highest BCUT2D eigenvalue weighted by Gasteiger charge is 2.28. The maximum absolute atomic E-state index is 11.8. The number of aromatic amines is 2. The minimum absolute atomic E-state index is 0.0162. The van der Waals surface area contributed by atoms with E-state index in [1.54, 1.807) is 0 Å². The number of sulfone groups is 1. The van der Waals surface area contributed by atoms with Gasteiger partial charge in [-0.2, -0.15) is 0 Å². The van der Waals surface area contributed by atoms with Gasteiger partial charge >= 0.3 is 0 Å². The van der Waals surface area contributed by atoms with Gasteiger partial charge in [0.2, 0.25) is 5.91 Å². The Balaban J connectivity index is 1.59. The van der Waals surface area contributed by atoms with E-state index in [2.05, 4.69) is 25.3 Å². The first-order valence-corrected chi connectivity index (χ1v) is 9.30. The van der Waals surface area contributed by atoms with E-state index in [0.29, 0.717) is 11.6 Å². The van der Waals surface area contributed by atoms with Crippen LogP contribution in [0.5, 0.6) is 0 Å². The fraction of sp³-hybridized carbons (Fsp3) is 0.455. The van der Waals surface area contributed by atoms with E-state index in [-0.39, 0.29) is 45.9 Å². The van der Waals surface area contributed by atoms with Crippen molar-refractivity contribution in [2.45, 2.75) is 17.6 Å². The molecule has 3 rings (SSSR count). The van der Waals surface area contributed by atoms with Crippen LogP contribution >= 0.6 is 11.8 Å². The van der Waals surface area contributed by atoms with Gasteiger partial charge in [0.25, 0.3) is 5.56 Å². The van der Waals surface area contributed by atoms with E-state index in [4.69, 9.17) is 0 Å². The standard InChI is InChI=1S/C11H13N5O4S2/c17-7(14-6-1-2-22(19,20)4-6)3-21-11-15-9-8(10(18)16-11)12-5-13-9/h5-6H,1-4H2,(H,14,17)(H2,12,13,15,16,18)/t6-/m0/s1. The molecule has 0 saturated carbocycles. The molecular weight excluding hydrogens is 330 g/mol. The maximum Gasteiger partial charge on any atom is 0.277 e. The number of carbonyl (C=O) groups is 1. The Labute approximate surface area is 129 Å². The van der Waals surface area contributed by atoms with Gasteiger partial charge in [0.15, 0.2) is 26.2 Å². The quantitative estimate of drug-likeness (QED) is 0.480. The third kappa shape index (κ3) is 3.30. The normalized spacial score (nSPS) is 20.3. The van der Waals surface area contributed by atoms with Crippen molar-refractivity contribution in [2.24, 2.45) is 0 Å². The summed E-state index contributed by atoms with van der Waals surface area (Å²) in [6.45, 7) is 0. The van der Waals surface area contributed by atoms with Crippen molar-refractivity contribution in [2.75, 3.05) is 17.3 Å². The summed E-state index contributed by atoms with van der Waals surface area (Å²) in [6.07, 6.45) is 1.81. The van der Waals surface area contributed by atoms with E-state index in [9.17, 15) is 18.0 Å². The summed E-state index contributed by atoms with van der Waals surface area (Å²) < 4.78 is 22.6. The minimum atomic E-state index is -3.02. The summed E-state index contributed by atoms with van der Waals surface area (Å²) in [6, 6.07) is -0.334. The molecule has 1 fully saturated rings. The number of nitrogens with zero attached hydrogens (tertiary/aromatic N) is 2. The van der Waals surface area contributed by atoms with Gasteiger partial charge < -0.3 is 10.3 Å². The second-order valence-corrected chi connectivity index (χ2v) is 8.12. The van der Waals surface area contributed by atoms with Crippen molar-refractivity contribution < 1.29 is 13.2 Å². The topological polar surface area (TPSA) is 138 Å². The van der Waals surface area contributed by atoms with Gasteiger partial charge in [-0.15, -0.1) is 0 Å².